The molecule has 1 fully saturated rings. The van der Waals surface area contributed by atoms with Gasteiger partial charge >= 0.3 is 5.97 Å². The molecule has 0 radical (unpaired) electrons. The van der Waals surface area contributed by atoms with Crippen molar-refractivity contribution in [2.24, 2.45) is 5.92 Å². The molecule has 0 aromatic carbocycles. The molecule has 0 saturated carbocycles. The number of rotatable bonds is 5. The second-order valence-corrected chi connectivity index (χ2v) is 6.30. The summed E-state index contributed by atoms with van der Waals surface area (Å²) >= 11 is 0. The summed E-state index contributed by atoms with van der Waals surface area (Å²) in [5, 5.41) is 0. The molecule has 0 amide bonds. The van der Waals surface area contributed by atoms with Crippen molar-refractivity contribution in [2.75, 3.05) is 20.2 Å². The van der Waals surface area contributed by atoms with E-state index in [9.17, 15) is 4.79 Å². The Kier molecular flexibility index (Phi) is 9.53. The van der Waals surface area contributed by atoms with E-state index >= 15 is 0 Å². The number of aromatic nitrogens is 1. The lowest BCUT2D eigenvalue weighted by Crippen LogP contribution is -2.37. The van der Waals surface area contributed by atoms with Gasteiger partial charge in [0.05, 0.1) is 13.5 Å². The van der Waals surface area contributed by atoms with E-state index in [1.54, 1.807) is 6.20 Å². The summed E-state index contributed by atoms with van der Waals surface area (Å²) < 4.78 is 4.83. The molecule has 1 unspecified atom stereocenters. The number of likely N-dealkylation sites (tertiary alicyclic amines) is 1. The van der Waals surface area contributed by atoms with Gasteiger partial charge in [0.15, 0.2) is 0 Å². The van der Waals surface area contributed by atoms with Crippen molar-refractivity contribution >= 4 is 5.97 Å². The fourth-order valence-electron chi connectivity index (χ4n) is 2.61. The Bertz CT molecular complexity index is 426. The Labute approximate surface area is 141 Å². The zero-order chi connectivity index (χ0) is 17.1. The van der Waals surface area contributed by atoms with Gasteiger partial charge in [-0.2, -0.15) is 0 Å². The molecule has 4 heteroatoms. The Hall–Kier alpha value is -1.42. The van der Waals surface area contributed by atoms with E-state index in [1.807, 2.05) is 18.3 Å². The largest absolute Gasteiger partial charge is 0.469 e. The average molecular weight is 320 g/mol. The number of unbranched alkanes of at least 4 members (excludes halogenated alkanes) is 1. The second-order valence-electron chi connectivity index (χ2n) is 6.30. The van der Waals surface area contributed by atoms with Crippen LogP contribution in [0, 0.1) is 5.92 Å². The van der Waals surface area contributed by atoms with E-state index < -0.39 is 0 Å². The number of pyridine rings is 1. The van der Waals surface area contributed by atoms with Crippen LogP contribution in [0.25, 0.3) is 0 Å². The van der Waals surface area contributed by atoms with Crippen LogP contribution in [0.2, 0.25) is 0 Å². The SMILES string of the molecule is CCCC.COC(=O)CC(c1cccnc1)N1CCC(C)CC1. The van der Waals surface area contributed by atoms with Crippen LogP contribution in [0.3, 0.4) is 0 Å². The molecule has 0 N–H and O–H groups in total. The summed E-state index contributed by atoms with van der Waals surface area (Å²) in [4.78, 5) is 18.2. The summed E-state index contributed by atoms with van der Waals surface area (Å²) in [6.45, 7) is 8.73. The highest BCUT2D eigenvalue weighted by Crippen LogP contribution is 2.29. The molecular formula is C19H32N2O2. The summed E-state index contributed by atoms with van der Waals surface area (Å²) in [6.07, 6.45) is 9.04. The van der Waals surface area contributed by atoms with Crippen molar-refractivity contribution in [3.05, 3.63) is 30.1 Å². The minimum atomic E-state index is -0.160. The van der Waals surface area contributed by atoms with Crippen molar-refractivity contribution < 1.29 is 9.53 Å². The third-order valence-electron chi connectivity index (χ3n) is 4.42. The molecule has 130 valence electrons. The van der Waals surface area contributed by atoms with Crippen LogP contribution in [0.15, 0.2) is 24.5 Å². The first-order chi connectivity index (χ1) is 11.1. The minimum absolute atomic E-state index is 0.0913. The number of methoxy groups -OCH3 is 1. The van der Waals surface area contributed by atoms with E-state index in [-0.39, 0.29) is 12.0 Å². The number of ether oxygens (including phenoxy) is 1. The van der Waals surface area contributed by atoms with Crippen molar-refractivity contribution in [1.29, 1.82) is 0 Å². The molecule has 2 rings (SSSR count). The van der Waals surface area contributed by atoms with E-state index in [4.69, 9.17) is 4.74 Å². The molecule has 1 atom stereocenters. The lowest BCUT2D eigenvalue weighted by Gasteiger charge is -2.36. The van der Waals surface area contributed by atoms with Gasteiger partial charge in [0.25, 0.3) is 0 Å². The number of esters is 1. The van der Waals surface area contributed by atoms with Gasteiger partial charge in [-0.3, -0.25) is 14.7 Å². The lowest BCUT2D eigenvalue weighted by atomic mass is 9.95. The molecule has 0 bridgehead atoms. The fourth-order valence-corrected chi connectivity index (χ4v) is 2.61. The van der Waals surface area contributed by atoms with Crippen molar-refractivity contribution in [3.8, 4) is 0 Å². The highest BCUT2D eigenvalue weighted by atomic mass is 16.5. The number of hydrogen-bond acceptors (Lipinski definition) is 4. The molecule has 2 heterocycles. The summed E-state index contributed by atoms with van der Waals surface area (Å²) in [5.74, 6) is 0.622. The maximum atomic E-state index is 11.6. The summed E-state index contributed by atoms with van der Waals surface area (Å²) in [7, 11) is 1.45. The number of nitrogens with zero attached hydrogens (tertiary/aromatic N) is 2. The fraction of sp³-hybridized carbons (Fsp3) is 0.684. The van der Waals surface area contributed by atoms with Crippen LogP contribution in [0.4, 0.5) is 0 Å². The third kappa shape index (κ3) is 7.12. The van der Waals surface area contributed by atoms with Crippen molar-refractivity contribution in [2.45, 2.75) is 58.9 Å². The first-order valence-corrected chi connectivity index (χ1v) is 8.83. The van der Waals surface area contributed by atoms with Gasteiger partial charge in [0.1, 0.15) is 0 Å². The minimum Gasteiger partial charge on any atom is -0.469 e. The van der Waals surface area contributed by atoms with Gasteiger partial charge in [-0.15, -0.1) is 0 Å². The van der Waals surface area contributed by atoms with Crippen LogP contribution in [0.5, 0.6) is 0 Å². The maximum absolute atomic E-state index is 11.6. The van der Waals surface area contributed by atoms with Crippen molar-refractivity contribution in [3.63, 3.8) is 0 Å². The van der Waals surface area contributed by atoms with Crippen LogP contribution < -0.4 is 0 Å². The monoisotopic (exact) mass is 320 g/mol. The molecule has 1 aliphatic rings. The molecule has 0 aliphatic carbocycles. The predicted octanol–water partition coefficient (Wildman–Crippen LogP) is 4.22. The molecule has 0 spiro atoms. The highest BCUT2D eigenvalue weighted by molar-refractivity contribution is 5.70. The molecule has 1 aliphatic heterocycles. The standard InChI is InChI=1S/C15H22N2O2.C4H10/c1-12-5-8-17(9-6-12)14(10-15(18)19-2)13-4-3-7-16-11-13;1-3-4-2/h3-4,7,11-12,14H,5-6,8-10H2,1-2H3;3-4H2,1-2H3. The average Bonchev–Trinajstić information content (AvgIpc) is 2.61. The molecule has 23 heavy (non-hydrogen) atoms. The van der Waals surface area contributed by atoms with Gasteiger partial charge in [-0.25, -0.2) is 0 Å². The molecule has 1 aromatic rings. The van der Waals surface area contributed by atoms with E-state index in [0.29, 0.717) is 6.42 Å². The zero-order valence-corrected chi connectivity index (χ0v) is 15.1. The highest BCUT2D eigenvalue weighted by Gasteiger charge is 2.26. The predicted molar refractivity (Wildman–Crippen MR) is 94.2 cm³/mol. The Morgan fingerprint density at radius 3 is 2.48 bits per heavy atom. The third-order valence-corrected chi connectivity index (χ3v) is 4.42. The van der Waals surface area contributed by atoms with Gasteiger partial charge in [-0.1, -0.05) is 39.7 Å². The van der Waals surface area contributed by atoms with Crippen LogP contribution in [-0.2, 0) is 9.53 Å². The maximum Gasteiger partial charge on any atom is 0.307 e. The Morgan fingerprint density at radius 1 is 1.35 bits per heavy atom. The summed E-state index contributed by atoms with van der Waals surface area (Å²) in [5.41, 5.74) is 1.10. The smallest absolute Gasteiger partial charge is 0.307 e. The zero-order valence-electron chi connectivity index (χ0n) is 15.1. The number of carbonyl (C=O) groups excluding carboxylic acids is 1. The number of carbonyl (C=O) groups is 1. The molecular weight excluding hydrogens is 288 g/mol. The van der Waals surface area contributed by atoms with Crippen LogP contribution in [-0.4, -0.2) is 36.1 Å². The number of piperidine rings is 1. The van der Waals surface area contributed by atoms with E-state index in [0.717, 1.165) is 24.6 Å². The molecule has 1 saturated heterocycles. The van der Waals surface area contributed by atoms with Gasteiger partial charge in [0.2, 0.25) is 0 Å². The topological polar surface area (TPSA) is 42.4 Å². The van der Waals surface area contributed by atoms with Crippen LogP contribution >= 0.6 is 0 Å². The van der Waals surface area contributed by atoms with E-state index in [1.165, 1.54) is 32.8 Å². The Balaban J connectivity index is 0.000000593. The van der Waals surface area contributed by atoms with Crippen LogP contribution in [0.1, 0.15) is 64.5 Å². The summed E-state index contributed by atoms with van der Waals surface area (Å²) in [6, 6.07) is 4.05. The normalized spacial score (nSPS) is 17.0. The molecule has 4 nitrogen and oxygen atoms in total. The van der Waals surface area contributed by atoms with Crippen molar-refractivity contribution in [1.82, 2.24) is 9.88 Å². The first-order valence-electron chi connectivity index (χ1n) is 8.83. The van der Waals surface area contributed by atoms with E-state index in [2.05, 4.69) is 30.7 Å². The van der Waals surface area contributed by atoms with Gasteiger partial charge in [-0.05, 0) is 43.5 Å². The molecule has 1 aromatic heterocycles. The number of hydrogen-bond donors (Lipinski definition) is 0. The van der Waals surface area contributed by atoms with Gasteiger partial charge < -0.3 is 4.74 Å². The second kappa shape index (κ2) is 11.2. The van der Waals surface area contributed by atoms with Gasteiger partial charge in [0, 0.05) is 18.4 Å². The quantitative estimate of drug-likeness (QED) is 0.762. The lowest BCUT2D eigenvalue weighted by molar-refractivity contribution is -0.142. The Morgan fingerprint density at radius 2 is 2.00 bits per heavy atom. The first kappa shape index (κ1) is 19.6.